The van der Waals surface area contributed by atoms with Crippen molar-refractivity contribution in [1.82, 2.24) is 24.4 Å². The van der Waals surface area contributed by atoms with Gasteiger partial charge in [0.05, 0.1) is 23.6 Å². The zero-order valence-corrected chi connectivity index (χ0v) is 19.9. The molecule has 3 heterocycles. The summed E-state index contributed by atoms with van der Waals surface area (Å²) < 4.78 is 8.03. The van der Waals surface area contributed by atoms with Crippen molar-refractivity contribution in [2.24, 2.45) is 7.05 Å². The van der Waals surface area contributed by atoms with Gasteiger partial charge in [0.2, 0.25) is 0 Å². The van der Waals surface area contributed by atoms with E-state index in [2.05, 4.69) is 20.6 Å². The molecule has 0 saturated heterocycles. The lowest BCUT2D eigenvalue weighted by Gasteiger charge is -2.12. The third kappa shape index (κ3) is 5.33. The highest BCUT2D eigenvalue weighted by molar-refractivity contribution is 6.30. The number of anilines is 1. The van der Waals surface area contributed by atoms with Crippen LogP contribution in [0.2, 0.25) is 5.02 Å². The Bertz CT molecular complexity index is 1500. The van der Waals surface area contributed by atoms with Crippen LogP contribution in [0.15, 0.2) is 64.4 Å². The van der Waals surface area contributed by atoms with Gasteiger partial charge in [-0.1, -0.05) is 11.6 Å². The molecule has 0 aliphatic heterocycles. The third-order valence-electron chi connectivity index (χ3n) is 5.40. The number of hydrogen-bond acceptors (Lipinski definition) is 7. The summed E-state index contributed by atoms with van der Waals surface area (Å²) in [7, 11) is 3.30. The van der Waals surface area contributed by atoms with Crippen molar-refractivity contribution in [3.8, 4) is 5.75 Å². The van der Waals surface area contributed by atoms with Gasteiger partial charge in [-0.25, -0.2) is 14.8 Å². The van der Waals surface area contributed by atoms with Crippen molar-refractivity contribution in [2.75, 3.05) is 19.0 Å². The van der Waals surface area contributed by atoms with E-state index in [9.17, 15) is 14.4 Å². The third-order valence-corrected chi connectivity index (χ3v) is 5.65. The Kier molecular flexibility index (Phi) is 7.11. The summed E-state index contributed by atoms with van der Waals surface area (Å²) >= 11 is 5.87. The second kappa shape index (κ2) is 10.4. The van der Waals surface area contributed by atoms with E-state index in [0.29, 0.717) is 22.1 Å². The van der Waals surface area contributed by atoms with Gasteiger partial charge in [0.15, 0.2) is 0 Å². The number of fused-ring (bicyclic) bond motifs is 1. The van der Waals surface area contributed by atoms with Crippen LogP contribution in [-0.4, -0.2) is 38.7 Å². The van der Waals surface area contributed by atoms with Gasteiger partial charge in [0, 0.05) is 31.9 Å². The number of hydrogen-bond donors (Lipinski definition) is 2. The van der Waals surface area contributed by atoms with E-state index in [0.717, 1.165) is 10.1 Å². The lowest BCUT2D eigenvalue weighted by Crippen LogP contribution is -2.40. The molecule has 1 aromatic carbocycles. The zero-order valence-electron chi connectivity index (χ0n) is 19.1. The molecule has 0 bridgehead atoms. The average Bonchev–Trinajstić information content (AvgIpc) is 2.88. The molecular weight excluding hydrogens is 472 g/mol. The van der Waals surface area contributed by atoms with Crippen molar-refractivity contribution < 1.29 is 9.53 Å². The van der Waals surface area contributed by atoms with Gasteiger partial charge in [0.1, 0.15) is 23.9 Å². The van der Waals surface area contributed by atoms with E-state index in [1.807, 2.05) is 6.07 Å². The molecule has 4 aromatic rings. The number of halogens is 1. The van der Waals surface area contributed by atoms with Gasteiger partial charge in [-0.05, 0) is 48.0 Å². The van der Waals surface area contributed by atoms with Gasteiger partial charge < -0.3 is 15.4 Å². The van der Waals surface area contributed by atoms with Crippen LogP contribution in [-0.2, 0) is 20.1 Å². The van der Waals surface area contributed by atoms with Crippen LogP contribution in [0.1, 0.15) is 16.1 Å². The number of carbonyl (C=O) groups is 1. The number of carbonyl (C=O) groups excluding carboxylic acids is 1. The molecule has 11 heteroatoms. The number of pyridine rings is 2. The summed E-state index contributed by atoms with van der Waals surface area (Å²) in [6.45, 7) is 0.389. The van der Waals surface area contributed by atoms with Gasteiger partial charge in [-0.3, -0.25) is 18.7 Å². The number of benzene rings is 1. The van der Waals surface area contributed by atoms with E-state index >= 15 is 0 Å². The number of rotatable bonds is 8. The molecule has 0 unspecified atom stereocenters. The first-order chi connectivity index (χ1) is 16.9. The quantitative estimate of drug-likeness (QED) is 0.385. The van der Waals surface area contributed by atoms with E-state index in [4.69, 9.17) is 16.3 Å². The fourth-order valence-corrected chi connectivity index (χ4v) is 3.63. The molecule has 0 atom stereocenters. The highest BCUT2D eigenvalue weighted by Crippen LogP contribution is 2.15. The molecule has 4 rings (SSSR count). The largest absolute Gasteiger partial charge is 0.492 e. The summed E-state index contributed by atoms with van der Waals surface area (Å²) in [6, 6.07) is 11.8. The number of aryl methyl sites for hydroxylation is 1. The molecular formula is C24H23ClN6O4. The highest BCUT2D eigenvalue weighted by atomic mass is 35.5. The van der Waals surface area contributed by atoms with Crippen molar-refractivity contribution >= 4 is 34.2 Å². The summed E-state index contributed by atoms with van der Waals surface area (Å²) in [5, 5.41) is 6.51. The molecule has 35 heavy (non-hydrogen) atoms. The molecule has 0 aliphatic rings. The van der Waals surface area contributed by atoms with Gasteiger partial charge in [-0.15, -0.1) is 0 Å². The lowest BCUT2D eigenvalue weighted by atomic mass is 10.2. The Hall–Kier alpha value is -4.18. The number of nitrogens with one attached hydrogen (secondary N) is 2. The molecule has 0 saturated carbocycles. The Morgan fingerprint density at radius 2 is 1.89 bits per heavy atom. The van der Waals surface area contributed by atoms with Crippen LogP contribution in [0.25, 0.3) is 10.9 Å². The molecule has 0 radical (unpaired) electrons. The molecule has 1 amide bonds. The van der Waals surface area contributed by atoms with Crippen LogP contribution in [0.3, 0.4) is 0 Å². The summed E-state index contributed by atoms with van der Waals surface area (Å²) in [5.41, 5.74) is 0.231. The van der Waals surface area contributed by atoms with Gasteiger partial charge >= 0.3 is 5.69 Å². The number of ether oxygens (including phenoxy) is 1. The van der Waals surface area contributed by atoms with E-state index in [1.165, 1.54) is 16.8 Å². The molecule has 0 spiro atoms. The zero-order chi connectivity index (χ0) is 24.9. The number of amides is 1. The van der Waals surface area contributed by atoms with Crippen LogP contribution >= 0.6 is 11.6 Å². The van der Waals surface area contributed by atoms with Crippen molar-refractivity contribution in [1.29, 1.82) is 0 Å². The SMILES string of the molecule is CNc1cc(CNC(=O)c2cc3c(=O)n(CCOc4ccc(Cl)cc4)c(=O)n(C)c3cn2)ccn1. The molecule has 3 aromatic heterocycles. The Morgan fingerprint density at radius 1 is 1.11 bits per heavy atom. The Labute approximate surface area is 205 Å². The van der Waals surface area contributed by atoms with Crippen LogP contribution in [0.5, 0.6) is 5.75 Å². The highest BCUT2D eigenvalue weighted by Gasteiger charge is 2.15. The summed E-state index contributed by atoms with van der Waals surface area (Å²) in [4.78, 5) is 46.9. The topological polar surface area (TPSA) is 120 Å². The molecule has 10 nitrogen and oxygen atoms in total. The minimum Gasteiger partial charge on any atom is -0.492 e. The smallest absolute Gasteiger partial charge is 0.331 e. The minimum atomic E-state index is -0.521. The molecule has 0 aliphatic carbocycles. The van der Waals surface area contributed by atoms with Crippen molar-refractivity contribution in [3.63, 3.8) is 0 Å². The van der Waals surface area contributed by atoms with Gasteiger partial charge in [-0.2, -0.15) is 0 Å². The maximum atomic E-state index is 13.1. The van der Waals surface area contributed by atoms with Crippen LogP contribution < -0.4 is 26.6 Å². The fraction of sp³-hybridized carbons (Fsp3) is 0.208. The Balaban J connectivity index is 1.54. The first-order valence-electron chi connectivity index (χ1n) is 10.8. The van der Waals surface area contributed by atoms with Crippen molar-refractivity contribution in [2.45, 2.75) is 13.1 Å². The standard InChI is InChI=1S/C24H23ClN6O4/c1-26-21-11-15(7-8-27-21)13-29-22(32)19-12-18-20(14-28-19)30(2)24(34)31(23(18)33)9-10-35-17-5-3-16(25)4-6-17/h3-8,11-12,14H,9-10,13H2,1-2H3,(H,26,27)(H,29,32). The summed E-state index contributed by atoms with van der Waals surface area (Å²) in [6.07, 6.45) is 2.99. The first-order valence-corrected chi connectivity index (χ1v) is 11.1. The van der Waals surface area contributed by atoms with E-state index in [-0.39, 0.29) is 30.8 Å². The van der Waals surface area contributed by atoms with Crippen molar-refractivity contribution in [3.05, 3.63) is 92.0 Å². The second-order valence-electron chi connectivity index (χ2n) is 7.67. The van der Waals surface area contributed by atoms with Gasteiger partial charge in [0.25, 0.3) is 11.5 Å². The predicted molar refractivity (Wildman–Crippen MR) is 133 cm³/mol. The van der Waals surface area contributed by atoms with E-state index < -0.39 is 17.2 Å². The van der Waals surface area contributed by atoms with Crippen LogP contribution in [0.4, 0.5) is 5.82 Å². The number of nitrogens with zero attached hydrogens (tertiary/aromatic N) is 4. The fourth-order valence-electron chi connectivity index (χ4n) is 3.50. The molecule has 0 fully saturated rings. The molecule has 180 valence electrons. The maximum Gasteiger partial charge on any atom is 0.331 e. The first kappa shape index (κ1) is 24.0. The number of aromatic nitrogens is 4. The average molecular weight is 495 g/mol. The second-order valence-corrected chi connectivity index (χ2v) is 8.11. The van der Waals surface area contributed by atoms with Crippen LogP contribution in [0, 0.1) is 0 Å². The monoisotopic (exact) mass is 494 g/mol. The minimum absolute atomic E-state index is 0.0315. The Morgan fingerprint density at radius 3 is 2.63 bits per heavy atom. The predicted octanol–water partition coefficient (Wildman–Crippen LogP) is 2.19. The normalized spacial score (nSPS) is 10.8. The summed E-state index contributed by atoms with van der Waals surface area (Å²) in [5.74, 6) is 0.807. The van der Waals surface area contributed by atoms with E-state index in [1.54, 1.807) is 50.6 Å². The maximum absolute atomic E-state index is 13.1. The lowest BCUT2D eigenvalue weighted by molar-refractivity contribution is 0.0946. The molecule has 2 N–H and O–H groups in total.